The summed E-state index contributed by atoms with van der Waals surface area (Å²) in [5.74, 6) is -1.39. The topological polar surface area (TPSA) is 54.5 Å². The van der Waals surface area contributed by atoms with Crippen LogP contribution in [0.25, 0.3) is 0 Å². The third kappa shape index (κ3) is 2.75. The normalized spacial score (nSPS) is 16.4. The number of ketones is 2. The number of nitrogens with zero attached hydrogens (tertiary/aromatic N) is 1. The smallest absolute Gasteiger partial charge is 0.255 e. The molecule has 2 aromatic carbocycles. The molecule has 2 aromatic rings. The average molecular weight is 321 g/mol. The second-order valence-corrected chi connectivity index (χ2v) is 6.15. The lowest BCUT2D eigenvalue weighted by molar-refractivity contribution is -0.132. The molecule has 0 radical (unpaired) electrons. The first-order valence-corrected chi connectivity index (χ1v) is 7.95. The van der Waals surface area contributed by atoms with Gasteiger partial charge in [0.15, 0.2) is 0 Å². The van der Waals surface area contributed by atoms with Crippen molar-refractivity contribution in [3.63, 3.8) is 0 Å². The largest absolute Gasteiger partial charge is 0.326 e. The fourth-order valence-corrected chi connectivity index (χ4v) is 3.44. The van der Waals surface area contributed by atoms with Crippen LogP contribution in [0.5, 0.6) is 0 Å². The molecule has 0 saturated carbocycles. The van der Waals surface area contributed by atoms with E-state index in [1.54, 1.807) is 17.0 Å². The molecule has 1 aliphatic heterocycles. The van der Waals surface area contributed by atoms with E-state index in [4.69, 9.17) is 0 Å². The number of carbonyl (C=O) groups is 3. The summed E-state index contributed by atoms with van der Waals surface area (Å²) >= 11 is 0. The molecule has 0 fully saturated rings. The molecule has 1 amide bonds. The van der Waals surface area contributed by atoms with Crippen molar-refractivity contribution in [2.75, 3.05) is 0 Å². The zero-order valence-corrected chi connectivity index (χ0v) is 13.7. The molecule has 1 heterocycles. The molecule has 3 rings (SSSR count). The number of carbonyl (C=O) groups excluding carboxylic acids is 3. The summed E-state index contributed by atoms with van der Waals surface area (Å²) in [5, 5.41) is 0. The minimum atomic E-state index is -0.832. The Kier molecular flexibility index (Phi) is 4.30. The molecular formula is C20H19NO3. The first kappa shape index (κ1) is 16.1. The van der Waals surface area contributed by atoms with Crippen LogP contribution in [0.4, 0.5) is 0 Å². The fourth-order valence-electron chi connectivity index (χ4n) is 3.44. The van der Waals surface area contributed by atoms with E-state index in [1.807, 2.05) is 42.5 Å². The molecule has 4 nitrogen and oxygen atoms in total. The molecule has 4 heteroatoms. The van der Waals surface area contributed by atoms with E-state index < -0.39 is 12.0 Å². The molecule has 122 valence electrons. The van der Waals surface area contributed by atoms with Crippen molar-refractivity contribution in [2.24, 2.45) is 5.92 Å². The van der Waals surface area contributed by atoms with Gasteiger partial charge in [-0.3, -0.25) is 14.4 Å². The number of hydrogen-bond acceptors (Lipinski definition) is 3. The molecule has 24 heavy (non-hydrogen) atoms. The highest BCUT2D eigenvalue weighted by atomic mass is 16.2. The van der Waals surface area contributed by atoms with Gasteiger partial charge in [0.25, 0.3) is 5.91 Å². The van der Waals surface area contributed by atoms with E-state index in [0.29, 0.717) is 12.1 Å². The van der Waals surface area contributed by atoms with Crippen LogP contribution in [0.3, 0.4) is 0 Å². The van der Waals surface area contributed by atoms with Gasteiger partial charge >= 0.3 is 0 Å². The Labute approximate surface area is 141 Å². The summed E-state index contributed by atoms with van der Waals surface area (Å²) in [6.07, 6.45) is 0. The van der Waals surface area contributed by atoms with Gasteiger partial charge in [0.1, 0.15) is 17.5 Å². The van der Waals surface area contributed by atoms with E-state index in [2.05, 4.69) is 0 Å². The quantitative estimate of drug-likeness (QED) is 0.795. The van der Waals surface area contributed by atoms with Gasteiger partial charge in [-0.25, -0.2) is 0 Å². The summed E-state index contributed by atoms with van der Waals surface area (Å²) in [6.45, 7) is 3.20. The molecule has 0 aliphatic carbocycles. The van der Waals surface area contributed by atoms with Crippen LogP contribution in [0.2, 0.25) is 0 Å². The van der Waals surface area contributed by atoms with E-state index in [0.717, 1.165) is 11.1 Å². The zero-order chi connectivity index (χ0) is 17.3. The zero-order valence-electron chi connectivity index (χ0n) is 13.7. The maximum absolute atomic E-state index is 12.9. The number of hydrogen-bond donors (Lipinski definition) is 0. The van der Waals surface area contributed by atoms with E-state index in [9.17, 15) is 14.4 Å². The van der Waals surface area contributed by atoms with Gasteiger partial charge in [-0.2, -0.15) is 0 Å². The van der Waals surface area contributed by atoms with Crippen molar-refractivity contribution in [2.45, 2.75) is 26.4 Å². The van der Waals surface area contributed by atoms with Gasteiger partial charge in [-0.05, 0) is 31.0 Å². The molecule has 1 atom stereocenters. The van der Waals surface area contributed by atoms with Crippen LogP contribution in [-0.2, 0) is 16.1 Å². The van der Waals surface area contributed by atoms with Gasteiger partial charge in [-0.1, -0.05) is 48.5 Å². The Morgan fingerprint density at radius 3 is 2.17 bits per heavy atom. The predicted octanol–water partition coefficient (Wildman–Crippen LogP) is 3.18. The number of benzene rings is 2. The number of rotatable bonds is 5. The van der Waals surface area contributed by atoms with E-state index >= 15 is 0 Å². The lowest BCUT2D eigenvalue weighted by Gasteiger charge is -2.30. The van der Waals surface area contributed by atoms with Crippen LogP contribution >= 0.6 is 0 Å². The minimum absolute atomic E-state index is 0.132. The van der Waals surface area contributed by atoms with Gasteiger partial charge in [0.2, 0.25) is 0 Å². The molecule has 1 unspecified atom stereocenters. The Morgan fingerprint density at radius 1 is 0.958 bits per heavy atom. The summed E-state index contributed by atoms with van der Waals surface area (Å²) in [4.78, 5) is 38.8. The van der Waals surface area contributed by atoms with Gasteiger partial charge in [-0.15, -0.1) is 0 Å². The standard InChI is InChI=1S/C20H19NO3/c1-13(22)18(14(2)23)19-16-10-6-7-11-17(16)20(24)21(19)12-15-8-4-3-5-9-15/h3-11,18-19H,12H2,1-2H3. The van der Waals surface area contributed by atoms with Crippen LogP contribution in [-0.4, -0.2) is 22.4 Å². The van der Waals surface area contributed by atoms with Crippen LogP contribution in [0, 0.1) is 5.92 Å². The molecule has 0 aromatic heterocycles. The van der Waals surface area contributed by atoms with Gasteiger partial charge in [0, 0.05) is 12.1 Å². The van der Waals surface area contributed by atoms with Gasteiger partial charge < -0.3 is 4.90 Å². The van der Waals surface area contributed by atoms with Gasteiger partial charge in [0.05, 0.1) is 6.04 Å². The predicted molar refractivity (Wildman–Crippen MR) is 90.4 cm³/mol. The van der Waals surface area contributed by atoms with Crippen molar-refractivity contribution in [3.05, 3.63) is 71.3 Å². The molecule has 0 N–H and O–H groups in total. The second-order valence-electron chi connectivity index (χ2n) is 6.15. The minimum Gasteiger partial charge on any atom is -0.326 e. The molecule has 1 aliphatic rings. The number of fused-ring (bicyclic) bond motifs is 1. The summed E-state index contributed by atoms with van der Waals surface area (Å²) in [5.41, 5.74) is 2.30. The van der Waals surface area contributed by atoms with Crippen molar-refractivity contribution >= 4 is 17.5 Å². The maximum atomic E-state index is 12.9. The Hall–Kier alpha value is -2.75. The first-order valence-electron chi connectivity index (χ1n) is 7.95. The SMILES string of the molecule is CC(=O)C(C(C)=O)C1c2ccccc2C(=O)N1Cc1ccccc1. The first-order chi connectivity index (χ1) is 11.5. The summed E-state index contributed by atoms with van der Waals surface area (Å²) in [7, 11) is 0. The molecule has 0 saturated heterocycles. The van der Waals surface area contributed by atoms with Crippen molar-refractivity contribution in [1.82, 2.24) is 4.90 Å². The average Bonchev–Trinajstić information content (AvgIpc) is 2.82. The highest BCUT2D eigenvalue weighted by molar-refractivity contribution is 6.05. The molecule has 0 bridgehead atoms. The molecule has 0 spiro atoms. The van der Waals surface area contributed by atoms with E-state index in [-0.39, 0.29) is 17.5 Å². The Balaban J connectivity index is 2.07. The maximum Gasteiger partial charge on any atom is 0.255 e. The molecular weight excluding hydrogens is 302 g/mol. The monoisotopic (exact) mass is 321 g/mol. The second kappa shape index (κ2) is 6.40. The third-order valence-corrected chi connectivity index (χ3v) is 4.49. The van der Waals surface area contributed by atoms with Crippen molar-refractivity contribution < 1.29 is 14.4 Å². The number of Topliss-reactive ketones (excluding diaryl/α,β-unsaturated/α-hetero) is 2. The Morgan fingerprint density at radius 2 is 1.54 bits per heavy atom. The third-order valence-electron chi connectivity index (χ3n) is 4.49. The van der Waals surface area contributed by atoms with Crippen LogP contribution in [0.1, 0.15) is 41.4 Å². The lowest BCUT2D eigenvalue weighted by atomic mass is 9.87. The lowest BCUT2D eigenvalue weighted by Crippen LogP contribution is -2.37. The fraction of sp³-hybridized carbons (Fsp3) is 0.250. The van der Waals surface area contributed by atoms with Crippen LogP contribution in [0.15, 0.2) is 54.6 Å². The number of amides is 1. The van der Waals surface area contributed by atoms with Crippen molar-refractivity contribution in [3.8, 4) is 0 Å². The van der Waals surface area contributed by atoms with Crippen molar-refractivity contribution in [1.29, 1.82) is 0 Å². The van der Waals surface area contributed by atoms with Crippen LogP contribution < -0.4 is 0 Å². The van der Waals surface area contributed by atoms with E-state index in [1.165, 1.54) is 13.8 Å². The summed E-state index contributed by atoms with van der Waals surface area (Å²) < 4.78 is 0. The highest BCUT2D eigenvalue weighted by Crippen LogP contribution is 2.40. The highest BCUT2D eigenvalue weighted by Gasteiger charge is 2.44. The summed E-state index contributed by atoms with van der Waals surface area (Å²) in [6, 6.07) is 16.3. The Bertz CT molecular complexity index is 784.